The topological polar surface area (TPSA) is 58.0 Å². The predicted octanol–water partition coefficient (Wildman–Crippen LogP) is 3.06. The highest BCUT2D eigenvalue weighted by Crippen LogP contribution is 2.19. The molecule has 0 aliphatic heterocycles. The van der Waals surface area contributed by atoms with Crippen LogP contribution in [0.2, 0.25) is 5.15 Å². The molecule has 4 nitrogen and oxygen atoms in total. The van der Waals surface area contributed by atoms with Gasteiger partial charge in [-0.2, -0.15) is 0 Å². The Morgan fingerprint density at radius 2 is 1.72 bits per heavy atom. The number of phenols is 1. The number of anilines is 1. The summed E-state index contributed by atoms with van der Waals surface area (Å²) in [6.07, 6.45) is 0. The Kier molecular flexibility index (Phi) is 3.67. The lowest BCUT2D eigenvalue weighted by Gasteiger charge is -2.09. The Bertz CT molecular complexity index is 555. The van der Waals surface area contributed by atoms with Crippen molar-refractivity contribution in [3.63, 3.8) is 0 Å². The maximum Gasteiger partial charge on any atom is 0.171 e. The lowest BCUT2D eigenvalue weighted by Crippen LogP contribution is -2.05. The molecule has 0 saturated heterocycles. The quantitative estimate of drug-likeness (QED) is 0.894. The first-order chi connectivity index (χ1) is 8.56. The van der Waals surface area contributed by atoms with E-state index >= 15 is 0 Å². The summed E-state index contributed by atoms with van der Waals surface area (Å²) in [6.45, 7) is 4.35. The zero-order valence-electron chi connectivity index (χ0n) is 10.2. The van der Waals surface area contributed by atoms with Crippen molar-refractivity contribution in [3.8, 4) is 5.75 Å². The number of aromatic hydroxyl groups is 1. The summed E-state index contributed by atoms with van der Waals surface area (Å²) in [6, 6.07) is 6.96. The highest BCUT2D eigenvalue weighted by Gasteiger charge is 2.06. The fourth-order valence-corrected chi connectivity index (χ4v) is 1.72. The lowest BCUT2D eigenvalue weighted by molar-refractivity contribution is 0.475. The molecule has 0 radical (unpaired) electrons. The summed E-state index contributed by atoms with van der Waals surface area (Å²) in [4.78, 5) is 8.55. The van der Waals surface area contributed by atoms with E-state index in [1.54, 1.807) is 12.1 Å². The Balaban J connectivity index is 2.10. The predicted molar refractivity (Wildman–Crippen MR) is 71.9 cm³/mol. The van der Waals surface area contributed by atoms with Crippen LogP contribution < -0.4 is 5.32 Å². The molecule has 1 heterocycles. The van der Waals surface area contributed by atoms with Gasteiger partial charge >= 0.3 is 0 Å². The third-order valence-electron chi connectivity index (χ3n) is 2.66. The van der Waals surface area contributed by atoms with Crippen molar-refractivity contribution < 1.29 is 5.11 Å². The molecule has 0 spiro atoms. The zero-order valence-corrected chi connectivity index (χ0v) is 11.0. The van der Waals surface area contributed by atoms with Crippen LogP contribution in [0.25, 0.3) is 0 Å². The molecule has 2 rings (SSSR count). The number of nitrogens with zero attached hydrogens (tertiary/aromatic N) is 2. The molecule has 0 aliphatic rings. The van der Waals surface area contributed by atoms with Crippen molar-refractivity contribution in [1.82, 2.24) is 9.97 Å². The Labute approximate surface area is 111 Å². The van der Waals surface area contributed by atoms with Crippen LogP contribution in [0, 0.1) is 13.8 Å². The van der Waals surface area contributed by atoms with Gasteiger partial charge in [0.2, 0.25) is 0 Å². The monoisotopic (exact) mass is 263 g/mol. The molecule has 94 valence electrons. The third-order valence-corrected chi connectivity index (χ3v) is 2.92. The number of phenolic OH excluding ortho intramolecular Hbond substituents is 1. The summed E-state index contributed by atoms with van der Waals surface area (Å²) >= 11 is 6.02. The number of aromatic nitrogens is 2. The molecular weight excluding hydrogens is 250 g/mol. The van der Waals surface area contributed by atoms with Gasteiger partial charge in [0.05, 0.1) is 11.4 Å². The molecule has 1 aromatic carbocycles. The van der Waals surface area contributed by atoms with E-state index in [2.05, 4.69) is 15.3 Å². The van der Waals surface area contributed by atoms with E-state index < -0.39 is 0 Å². The van der Waals surface area contributed by atoms with Gasteiger partial charge in [0.25, 0.3) is 0 Å². The zero-order chi connectivity index (χ0) is 13.1. The second-order valence-electron chi connectivity index (χ2n) is 4.05. The number of halogens is 1. The number of aryl methyl sites for hydroxylation is 2. The summed E-state index contributed by atoms with van der Waals surface area (Å²) < 4.78 is 0. The first-order valence-corrected chi connectivity index (χ1v) is 5.96. The third kappa shape index (κ3) is 2.90. The second-order valence-corrected chi connectivity index (χ2v) is 4.41. The molecule has 5 heteroatoms. The lowest BCUT2D eigenvalue weighted by atomic mass is 10.2. The van der Waals surface area contributed by atoms with Gasteiger partial charge in [-0.15, -0.1) is 0 Å². The molecule has 0 saturated carbocycles. The summed E-state index contributed by atoms with van der Waals surface area (Å²) in [5.74, 6) is 0.829. The van der Waals surface area contributed by atoms with Gasteiger partial charge in [-0.25, -0.2) is 9.97 Å². The van der Waals surface area contributed by atoms with Crippen LogP contribution in [0.4, 0.5) is 5.82 Å². The Morgan fingerprint density at radius 1 is 1.11 bits per heavy atom. The van der Waals surface area contributed by atoms with Crippen molar-refractivity contribution in [2.45, 2.75) is 20.4 Å². The number of hydrogen-bond acceptors (Lipinski definition) is 4. The summed E-state index contributed by atoms with van der Waals surface area (Å²) in [5.41, 5.74) is 2.71. The fourth-order valence-electron chi connectivity index (χ4n) is 1.49. The van der Waals surface area contributed by atoms with Gasteiger partial charge < -0.3 is 10.4 Å². The molecule has 1 aromatic heterocycles. The Hall–Kier alpha value is -1.81. The minimum absolute atomic E-state index is 0.253. The SMILES string of the molecule is Cc1nc(Cl)c(NCc2ccc(O)cc2)nc1C. The van der Waals surface area contributed by atoms with Crippen LogP contribution in [0.5, 0.6) is 5.75 Å². The van der Waals surface area contributed by atoms with E-state index in [1.807, 2.05) is 26.0 Å². The van der Waals surface area contributed by atoms with Crippen LogP contribution in [0.3, 0.4) is 0 Å². The average Bonchev–Trinajstić information content (AvgIpc) is 2.34. The minimum atomic E-state index is 0.253. The number of hydrogen-bond donors (Lipinski definition) is 2. The van der Waals surface area contributed by atoms with Gasteiger partial charge in [0.15, 0.2) is 11.0 Å². The molecule has 0 aliphatic carbocycles. The van der Waals surface area contributed by atoms with Gasteiger partial charge in [-0.1, -0.05) is 23.7 Å². The minimum Gasteiger partial charge on any atom is -0.508 e. The standard InChI is InChI=1S/C13H14ClN3O/c1-8-9(2)17-13(12(14)16-8)15-7-10-3-5-11(18)6-4-10/h3-6,18H,7H2,1-2H3,(H,15,17). The summed E-state index contributed by atoms with van der Waals surface area (Å²) in [5, 5.41) is 12.7. The van der Waals surface area contributed by atoms with Crippen molar-refractivity contribution in [1.29, 1.82) is 0 Å². The molecule has 0 unspecified atom stereocenters. The molecule has 0 atom stereocenters. The highest BCUT2D eigenvalue weighted by atomic mass is 35.5. The van der Waals surface area contributed by atoms with Crippen LogP contribution >= 0.6 is 11.6 Å². The molecule has 2 N–H and O–H groups in total. The van der Waals surface area contributed by atoms with E-state index in [0.717, 1.165) is 17.0 Å². The van der Waals surface area contributed by atoms with Crippen LogP contribution in [0.15, 0.2) is 24.3 Å². The van der Waals surface area contributed by atoms with Gasteiger partial charge in [0, 0.05) is 6.54 Å². The number of rotatable bonds is 3. The smallest absolute Gasteiger partial charge is 0.171 e. The van der Waals surface area contributed by atoms with Crippen molar-refractivity contribution in [3.05, 3.63) is 46.4 Å². The molecule has 0 bridgehead atoms. The highest BCUT2D eigenvalue weighted by molar-refractivity contribution is 6.31. The van der Waals surface area contributed by atoms with E-state index in [-0.39, 0.29) is 5.75 Å². The largest absolute Gasteiger partial charge is 0.508 e. The molecule has 0 fully saturated rings. The van der Waals surface area contributed by atoms with Crippen LogP contribution in [-0.2, 0) is 6.54 Å². The average molecular weight is 264 g/mol. The van der Waals surface area contributed by atoms with E-state index in [9.17, 15) is 5.11 Å². The van der Waals surface area contributed by atoms with Crippen LogP contribution in [-0.4, -0.2) is 15.1 Å². The fraction of sp³-hybridized carbons (Fsp3) is 0.231. The molecular formula is C13H14ClN3O. The number of nitrogens with one attached hydrogen (secondary N) is 1. The van der Waals surface area contributed by atoms with Crippen molar-refractivity contribution in [2.24, 2.45) is 0 Å². The normalized spacial score (nSPS) is 10.4. The molecule has 2 aromatic rings. The maximum absolute atomic E-state index is 9.19. The van der Waals surface area contributed by atoms with Gasteiger partial charge in [-0.05, 0) is 31.5 Å². The first-order valence-electron chi connectivity index (χ1n) is 5.59. The van der Waals surface area contributed by atoms with Gasteiger partial charge in [0.1, 0.15) is 5.75 Å². The van der Waals surface area contributed by atoms with Gasteiger partial charge in [-0.3, -0.25) is 0 Å². The van der Waals surface area contributed by atoms with Crippen molar-refractivity contribution >= 4 is 17.4 Å². The van der Waals surface area contributed by atoms with E-state index in [4.69, 9.17) is 11.6 Å². The van der Waals surface area contributed by atoms with Crippen molar-refractivity contribution in [2.75, 3.05) is 5.32 Å². The second kappa shape index (κ2) is 5.23. The van der Waals surface area contributed by atoms with E-state index in [1.165, 1.54) is 0 Å². The Morgan fingerprint density at radius 3 is 2.39 bits per heavy atom. The van der Waals surface area contributed by atoms with Crippen LogP contribution in [0.1, 0.15) is 17.0 Å². The number of benzene rings is 1. The maximum atomic E-state index is 9.19. The first kappa shape index (κ1) is 12.6. The molecule has 0 amide bonds. The van der Waals surface area contributed by atoms with E-state index in [0.29, 0.717) is 17.5 Å². The summed E-state index contributed by atoms with van der Waals surface area (Å²) in [7, 11) is 0. The molecule has 18 heavy (non-hydrogen) atoms.